The number of hydrogen-bond acceptors (Lipinski definition) is 4. The normalized spacial score (nSPS) is 14.5. The van der Waals surface area contributed by atoms with Gasteiger partial charge in [0, 0.05) is 39.1 Å². The highest BCUT2D eigenvalue weighted by Gasteiger charge is 2.39. The Labute approximate surface area is 298 Å². The fourth-order valence-electron chi connectivity index (χ4n) is 8.82. The number of imide groups is 2. The molecule has 0 saturated carbocycles. The van der Waals surface area contributed by atoms with E-state index in [1.165, 1.54) is 4.90 Å². The molecule has 0 unspecified atom stereocenters. The van der Waals surface area contributed by atoms with Gasteiger partial charge in [-0.3, -0.25) is 29.0 Å². The molecule has 2 aliphatic rings. The quantitative estimate of drug-likeness (QED) is 0.0528. The summed E-state index contributed by atoms with van der Waals surface area (Å²) in [5, 5.41) is 6.77. The van der Waals surface area contributed by atoms with E-state index >= 15 is 0 Å². The van der Waals surface area contributed by atoms with Gasteiger partial charge >= 0.3 is 0 Å². The molecule has 51 heavy (non-hydrogen) atoms. The van der Waals surface area contributed by atoms with Crippen molar-refractivity contribution >= 4 is 66.7 Å². The highest BCUT2D eigenvalue weighted by Crippen LogP contribution is 2.46. The molecule has 0 aliphatic carbocycles. The van der Waals surface area contributed by atoms with Crippen molar-refractivity contribution in [1.29, 1.82) is 0 Å². The summed E-state index contributed by atoms with van der Waals surface area (Å²) < 4.78 is 0. The van der Waals surface area contributed by atoms with Crippen LogP contribution in [0.1, 0.15) is 131 Å². The zero-order valence-electron chi connectivity index (χ0n) is 29.8. The van der Waals surface area contributed by atoms with Gasteiger partial charge in [0.15, 0.2) is 0 Å². The molecule has 2 heterocycles. The van der Waals surface area contributed by atoms with Crippen molar-refractivity contribution in [2.45, 2.75) is 97.6 Å². The van der Waals surface area contributed by atoms with E-state index in [0.717, 1.165) is 108 Å². The van der Waals surface area contributed by atoms with Gasteiger partial charge in [0.1, 0.15) is 0 Å². The topological polar surface area (TPSA) is 74.8 Å². The standard InChI is InChI=1S/C45H44N2O4/c1-4-6-8-10-15-29(16-11-9-7-5-2)47-44(50)36-23-19-32-30-17-21-34-40-35(43(49)46(42(34)48)26-28-14-12-13-27(3)25-28)22-18-31(38(30)40)33-20-24-37(45(47)51)41(36)39(32)33/h12-14,17-25,29H,4-11,15-16,26H2,1-3H3. The van der Waals surface area contributed by atoms with Crippen molar-refractivity contribution in [3.8, 4) is 0 Å². The van der Waals surface area contributed by atoms with Crippen LogP contribution >= 0.6 is 0 Å². The Morgan fingerprint density at radius 2 is 0.961 bits per heavy atom. The maximum absolute atomic E-state index is 14.4. The Morgan fingerprint density at radius 1 is 0.510 bits per heavy atom. The van der Waals surface area contributed by atoms with Crippen molar-refractivity contribution < 1.29 is 19.2 Å². The van der Waals surface area contributed by atoms with Crippen LogP contribution in [0.2, 0.25) is 0 Å². The Kier molecular flexibility index (Phi) is 8.57. The number of rotatable bonds is 13. The molecule has 0 aromatic heterocycles. The van der Waals surface area contributed by atoms with Crippen LogP contribution in [0.25, 0.3) is 43.1 Å². The summed E-state index contributed by atoms with van der Waals surface area (Å²) in [6.07, 6.45) is 10.5. The predicted octanol–water partition coefficient (Wildman–Crippen LogP) is 10.7. The molecule has 0 bridgehead atoms. The molecule has 6 aromatic carbocycles. The van der Waals surface area contributed by atoms with Crippen molar-refractivity contribution in [2.75, 3.05) is 0 Å². The van der Waals surface area contributed by atoms with Crippen LogP contribution in [-0.4, -0.2) is 39.5 Å². The number of aryl methyl sites for hydroxylation is 1. The Balaban J connectivity index is 1.24. The molecule has 8 rings (SSSR count). The fraction of sp³-hybridized carbons (Fsp3) is 0.333. The third-order valence-electron chi connectivity index (χ3n) is 11.3. The van der Waals surface area contributed by atoms with Crippen LogP contribution in [0.5, 0.6) is 0 Å². The molecule has 6 aromatic rings. The van der Waals surface area contributed by atoms with Crippen molar-refractivity contribution in [1.82, 2.24) is 9.80 Å². The highest BCUT2D eigenvalue weighted by molar-refractivity contribution is 6.41. The molecule has 0 atom stereocenters. The first-order valence-electron chi connectivity index (χ1n) is 18.8. The van der Waals surface area contributed by atoms with E-state index in [2.05, 4.69) is 13.8 Å². The summed E-state index contributed by atoms with van der Waals surface area (Å²) >= 11 is 0. The zero-order chi connectivity index (χ0) is 35.4. The molecule has 0 fully saturated rings. The van der Waals surface area contributed by atoms with Gasteiger partial charge in [-0.25, -0.2) is 0 Å². The van der Waals surface area contributed by atoms with Gasteiger partial charge in [0.05, 0.1) is 6.54 Å². The van der Waals surface area contributed by atoms with Crippen molar-refractivity contribution in [2.24, 2.45) is 0 Å². The fourth-order valence-corrected chi connectivity index (χ4v) is 8.82. The lowest BCUT2D eigenvalue weighted by molar-refractivity contribution is 0.0514. The smallest absolute Gasteiger partial charge is 0.261 e. The minimum atomic E-state index is -0.302. The zero-order valence-corrected chi connectivity index (χ0v) is 29.8. The van der Waals surface area contributed by atoms with Crippen LogP contribution in [-0.2, 0) is 6.54 Å². The van der Waals surface area contributed by atoms with Gasteiger partial charge in [-0.1, -0.05) is 119 Å². The molecule has 2 aliphatic heterocycles. The second-order valence-corrected chi connectivity index (χ2v) is 14.7. The van der Waals surface area contributed by atoms with E-state index in [4.69, 9.17) is 0 Å². The molecular formula is C45H44N2O4. The summed E-state index contributed by atoms with van der Waals surface area (Å²) in [5.74, 6) is -1.01. The van der Waals surface area contributed by atoms with Gasteiger partial charge < -0.3 is 0 Å². The van der Waals surface area contributed by atoms with Crippen LogP contribution < -0.4 is 0 Å². The number of benzene rings is 6. The third-order valence-corrected chi connectivity index (χ3v) is 11.3. The average molecular weight is 677 g/mol. The lowest BCUT2D eigenvalue weighted by Crippen LogP contribution is -2.47. The number of nitrogens with zero attached hydrogens (tertiary/aromatic N) is 2. The number of carbonyl (C=O) groups excluding carboxylic acids is 4. The van der Waals surface area contributed by atoms with Crippen LogP contribution in [0.15, 0.2) is 72.8 Å². The summed E-state index contributed by atoms with van der Waals surface area (Å²) in [4.78, 5) is 59.7. The molecule has 258 valence electrons. The minimum Gasteiger partial charge on any atom is -0.271 e. The van der Waals surface area contributed by atoms with Gasteiger partial charge in [-0.05, 0) is 81.9 Å². The summed E-state index contributed by atoms with van der Waals surface area (Å²) in [6.45, 7) is 6.59. The molecular weight excluding hydrogens is 633 g/mol. The SMILES string of the molecule is CCCCCCC(CCCCCC)N1C(=O)c2ccc3c4ccc5c6c(ccc(c7ccc(c2c37)C1=O)c64)C(=O)N(Cc1cccc(C)c1)C5=O. The molecule has 4 amide bonds. The number of hydrogen-bond donors (Lipinski definition) is 0. The molecule has 0 N–H and O–H groups in total. The predicted molar refractivity (Wildman–Crippen MR) is 205 cm³/mol. The molecule has 6 nitrogen and oxygen atoms in total. The highest BCUT2D eigenvalue weighted by atomic mass is 16.2. The van der Waals surface area contributed by atoms with E-state index in [1.807, 2.05) is 79.7 Å². The molecule has 0 saturated heterocycles. The van der Waals surface area contributed by atoms with Gasteiger partial charge in [-0.15, -0.1) is 0 Å². The van der Waals surface area contributed by atoms with Crippen LogP contribution in [0, 0.1) is 6.92 Å². The second kappa shape index (κ2) is 13.2. The second-order valence-electron chi connectivity index (χ2n) is 14.7. The first-order chi connectivity index (χ1) is 24.8. The lowest BCUT2D eigenvalue weighted by Gasteiger charge is -2.35. The van der Waals surface area contributed by atoms with Crippen LogP contribution in [0.3, 0.4) is 0 Å². The summed E-state index contributed by atoms with van der Waals surface area (Å²) in [6, 6.07) is 23.1. The Bertz CT molecular complexity index is 2260. The first-order valence-corrected chi connectivity index (χ1v) is 18.8. The number of unbranched alkanes of at least 4 members (excludes halogenated alkanes) is 6. The lowest BCUT2D eigenvalue weighted by atomic mass is 9.82. The number of amides is 4. The molecule has 0 radical (unpaired) electrons. The van der Waals surface area contributed by atoms with E-state index in [-0.39, 0.29) is 36.2 Å². The summed E-state index contributed by atoms with van der Waals surface area (Å²) in [7, 11) is 0. The number of fused-ring (bicyclic) bond motifs is 2. The van der Waals surface area contributed by atoms with Gasteiger partial charge in [0.2, 0.25) is 0 Å². The monoisotopic (exact) mass is 676 g/mol. The van der Waals surface area contributed by atoms with E-state index in [9.17, 15) is 19.2 Å². The van der Waals surface area contributed by atoms with Crippen molar-refractivity contribution in [3.05, 3.63) is 106 Å². The maximum Gasteiger partial charge on any atom is 0.261 e. The third kappa shape index (κ3) is 5.30. The average Bonchev–Trinajstić information content (AvgIpc) is 3.14. The molecule has 6 heteroatoms. The van der Waals surface area contributed by atoms with Crippen molar-refractivity contribution in [3.63, 3.8) is 0 Å². The minimum absolute atomic E-state index is 0.119. The Morgan fingerprint density at radius 3 is 1.39 bits per heavy atom. The van der Waals surface area contributed by atoms with Gasteiger partial charge in [-0.2, -0.15) is 0 Å². The summed E-state index contributed by atoms with van der Waals surface area (Å²) in [5.41, 5.74) is 4.14. The number of carbonyl (C=O) groups is 4. The van der Waals surface area contributed by atoms with Crippen LogP contribution in [0.4, 0.5) is 0 Å². The van der Waals surface area contributed by atoms with E-state index in [1.54, 1.807) is 4.90 Å². The van der Waals surface area contributed by atoms with Gasteiger partial charge in [0.25, 0.3) is 23.6 Å². The largest absolute Gasteiger partial charge is 0.271 e. The van der Waals surface area contributed by atoms with E-state index < -0.39 is 0 Å². The Hall–Kier alpha value is -5.10. The molecule has 0 spiro atoms. The maximum atomic E-state index is 14.4. The van der Waals surface area contributed by atoms with E-state index in [0.29, 0.717) is 33.0 Å². The first kappa shape index (κ1) is 33.1.